The van der Waals surface area contributed by atoms with Crippen molar-refractivity contribution in [2.24, 2.45) is 0 Å². The average molecular weight is 303 g/mol. The molecule has 2 atom stereocenters. The van der Waals surface area contributed by atoms with Gasteiger partial charge < -0.3 is 0 Å². The first kappa shape index (κ1) is 12.0. The molecule has 18 heavy (non-hydrogen) atoms. The molecular weight excluding hydrogens is 287 g/mol. The monoisotopic (exact) mass is 304 g/mol. The van der Waals surface area contributed by atoms with Crippen molar-refractivity contribution in [1.29, 1.82) is 0 Å². The van der Waals surface area contributed by atoms with E-state index in [2.05, 4.69) is 60.7 Å². The van der Waals surface area contributed by atoms with Crippen LogP contribution in [0.5, 0.6) is 0 Å². The van der Waals surface area contributed by atoms with Gasteiger partial charge in [-0.2, -0.15) is 0 Å². The van der Waals surface area contributed by atoms with E-state index in [1.54, 1.807) is 0 Å². The molecule has 2 heteroatoms. The summed E-state index contributed by atoms with van der Waals surface area (Å²) >= 11 is 0.498. The molecule has 0 bridgehead atoms. The molecule has 1 aliphatic rings. The number of rotatable bonds is 3. The van der Waals surface area contributed by atoms with E-state index < -0.39 is 0 Å². The quantitative estimate of drug-likeness (QED) is 0.792. The van der Waals surface area contributed by atoms with E-state index in [4.69, 9.17) is 4.74 Å². The second-order valence-electron chi connectivity index (χ2n) is 4.46. The molecule has 0 unspecified atom stereocenters. The number of ether oxygens (including phenoxy) is 1. The Morgan fingerprint density at radius 3 is 2.28 bits per heavy atom. The molecule has 1 aliphatic heterocycles. The standard InChI is InChI=1S/C16H16OSe/c1-3-7-13(8-4-1)16-15(11-12-17-16)18-14-9-5-2-6-10-14/h1-10,15-16H,11-12H2/t15-,16+/m0/s1. The van der Waals surface area contributed by atoms with E-state index in [0.29, 0.717) is 25.9 Å². The molecule has 1 fully saturated rings. The maximum absolute atomic E-state index is 5.94. The Morgan fingerprint density at radius 1 is 0.889 bits per heavy atom. The van der Waals surface area contributed by atoms with Crippen molar-refractivity contribution in [1.82, 2.24) is 0 Å². The topological polar surface area (TPSA) is 9.23 Å². The Morgan fingerprint density at radius 2 is 1.56 bits per heavy atom. The normalized spacial score (nSPS) is 23.1. The molecule has 0 radical (unpaired) electrons. The van der Waals surface area contributed by atoms with Gasteiger partial charge >= 0.3 is 114 Å². The van der Waals surface area contributed by atoms with Crippen LogP contribution in [0, 0.1) is 0 Å². The summed E-state index contributed by atoms with van der Waals surface area (Å²) in [6.07, 6.45) is 1.49. The number of hydrogen-bond donors (Lipinski definition) is 0. The van der Waals surface area contributed by atoms with E-state index >= 15 is 0 Å². The third-order valence-corrected chi connectivity index (χ3v) is 5.99. The Labute approximate surface area is 114 Å². The van der Waals surface area contributed by atoms with Gasteiger partial charge in [0, 0.05) is 0 Å². The van der Waals surface area contributed by atoms with E-state index in [0.717, 1.165) is 6.61 Å². The van der Waals surface area contributed by atoms with Crippen molar-refractivity contribution in [2.45, 2.75) is 17.3 Å². The molecule has 1 nitrogen and oxygen atoms in total. The first-order chi connectivity index (χ1) is 8.93. The molecular formula is C16H16OSe. The van der Waals surface area contributed by atoms with Crippen LogP contribution in [0.1, 0.15) is 18.1 Å². The molecule has 0 saturated carbocycles. The molecule has 2 aromatic carbocycles. The minimum atomic E-state index is 0.298. The van der Waals surface area contributed by atoms with Crippen molar-refractivity contribution >= 4 is 19.4 Å². The fraction of sp³-hybridized carbons (Fsp3) is 0.250. The van der Waals surface area contributed by atoms with Crippen molar-refractivity contribution in [3.63, 3.8) is 0 Å². The molecule has 92 valence electrons. The molecule has 0 amide bonds. The Hall–Kier alpha value is -1.08. The van der Waals surface area contributed by atoms with Gasteiger partial charge in [-0.3, -0.25) is 0 Å². The van der Waals surface area contributed by atoms with Gasteiger partial charge in [-0.1, -0.05) is 0 Å². The van der Waals surface area contributed by atoms with Gasteiger partial charge in [0.2, 0.25) is 0 Å². The summed E-state index contributed by atoms with van der Waals surface area (Å²) in [6.45, 7) is 0.902. The van der Waals surface area contributed by atoms with Crippen LogP contribution in [0.25, 0.3) is 0 Å². The van der Waals surface area contributed by atoms with Gasteiger partial charge in [0.05, 0.1) is 0 Å². The third-order valence-electron chi connectivity index (χ3n) is 3.20. The summed E-state index contributed by atoms with van der Waals surface area (Å²) in [5.41, 5.74) is 1.33. The maximum atomic E-state index is 5.94. The summed E-state index contributed by atoms with van der Waals surface area (Å²) in [5, 5.41) is 0. The van der Waals surface area contributed by atoms with Crippen molar-refractivity contribution in [3.8, 4) is 0 Å². The first-order valence-corrected chi connectivity index (χ1v) is 8.16. The number of benzene rings is 2. The summed E-state index contributed by atoms with van der Waals surface area (Å²) in [4.78, 5) is 0.669. The van der Waals surface area contributed by atoms with Crippen LogP contribution in [0.2, 0.25) is 4.82 Å². The van der Waals surface area contributed by atoms with Gasteiger partial charge in [-0.25, -0.2) is 0 Å². The van der Waals surface area contributed by atoms with E-state index in [1.807, 2.05) is 0 Å². The van der Waals surface area contributed by atoms with E-state index in [9.17, 15) is 0 Å². The van der Waals surface area contributed by atoms with E-state index in [1.165, 1.54) is 16.4 Å². The van der Waals surface area contributed by atoms with Crippen LogP contribution in [0.4, 0.5) is 0 Å². The van der Waals surface area contributed by atoms with Crippen LogP contribution in [0.15, 0.2) is 60.7 Å². The zero-order chi connectivity index (χ0) is 12.2. The molecule has 1 heterocycles. The molecule has 3 rings (SSSR count). The fourth-order valence-electron chi connectivity index (χ4n) is 2.32. The van der Waals surface area contributed by atoms with Crippen LogP contribution in [0.3, 0.4) is 0 Å². The minimum absolute atomic E-state index is 0.298. The average Bonchev–Trinajstić information content (AvgIpc) is 2.89. The van der Waals surface area contributed by atoms with Crippen LogP contribution in [-0.4, -0.2) is 21.6 Å². The molecule has 0 N–H and O–H groups in total. The third kappa shape index (κ3) is 2.67. The molecule has 0 spiro atoms. The van der Waals surface area contributed by atoms with E-state index in [-0.39, 0.29) is 0 Å². The van der Waals surface area contributed by atoms with Gasteiger partial charge in [0.15, 0.2) is 0 Å². The summed E-state index contributed by atoms with van der Waals surface area (Å²) in [6, 6.07) is 21.5. The van der Waals surface area contributed by atoms with Crippen LogP contribution in [-0.2, 0) is 4.74 Å². The Bertz CT molecular complexity index is 483. The molecule has 2 aromatic rings. The van der Waals surface area contributed by atoms with Crippen LogP contribution < -0.4 is 4.46 Å². The first-order valence-electron chi connectivity index (χ1n) is 6.32. The van der Waals surface area contributed by atoms with Crippen molar-refractivity contribution in [3.05, 3.63) is 66.2 Å². The second-order valence-corrected chi connectivity index (χ2v) is 7.21. The van der Waals surface area contributed by atoms with Crippen molar-refractivity contribution in [2.75, 3.05) is 6.61 Å². The summed E-state index contributed by atoms with van der Waals surface area (Å²) in [5.74, 6) is 0. The predicted molar refractivity (Wildman–Crippen MR) is 75.3 cm³/mol. The fourth-order valence-corrected chi connectivity index (χ4v) is 4.91. The van der Waals surface area contributed by atoms with Gasteiger partial charge in [-0.05, 0) is 0 Å². The van der Waals surface area contributed by atoms with Gasteiger partial charge in [0.25, 0.3) is 0 Å². The molecule has 0 aromatic heterocycles. The Kier molecular flexibility index (Phi) is 3.80. The SMILES string of the molecule is c1ccc([Se][C@H]2CCO[C@@H]2c2ccccc2)cc1. The second kappa shape index (κ2) is 5.71. The van der Waals surface area contributed by atoms with Gasteiger partial charge in [0.1, 0.15) is 0 Å². The zero-order valence-electron chi connectivity index (χ0n) is 10.2. The van der Waals surface area contributed by atoms with Crippen molar-refractivity contribution < 1.29 is 4.74 Å². The van der Waals surface area contributed by atoms with Crippen LogP contribution >= 0.6 is 0 Å². The Balaban J connectivity index is 1.76. The number of hydrogen-bond acceptors (Lipinski definition) is 1. The predicted octanol–water partition coefficient (Wildman–Crippen LogP) is 2.97. The summed E-state index contributed by atoms with van der Waals surface area (Å²) < 4.78 is 7.41. The van der Waals surface area contributed by atoms with Gasteiger partial charge in [-0.15, -0.1) is 0 Å². The molecule has 0 aliphatic carbocycles. The summed E-state index contributed by atoms with van der Waals surface area (Å²) in [7, 11) is 0. The zero-order valence-corrected chi connectivity index (χ0v) is 11.9. The molecule has 1 saturated heterocycles.